The van der Waals surface area contributed by atoms with E-state index in [1.807, 2.05) is 0 Å². The van der Waals surface area contributed by atoms with Crippen LogP contribution in [-0.4, -0.2) is 54.5 Å². The molecule has 1 aliphatic rings. The van der Waals surface area contributed by atoms with E-state index in [0.717, 1.165) is 0 Å². The fourth-order valence-corrected chi connectivity index (χ4v) is 2.47. The number of aliphatic hydroxyl groups excluding tert-OH is 2. The molecule has 3 atom stereocenters. The first-order chi connectivity index (χ1) is 10.4. The Balaban J connectivity index is 2.03. The molecule has 0 spiro atoms. The molecule has 0 amide bonds. The van der Waals surface area contributed by atoms with Gasteiger partial charge in [0.05, 0.1) is 19.0 Å². The van der Waals surface area contributed by atoms with Crippen LogP contribution in [0.5, 0.6) is 0 Å². The van der Waals surface area contributed by atoms with E-state index < -0.39 is 37.0 Å². The summed E-state index contributed by atoms with van der Waals surface area (Å²) in [6.45, 7) is -1.07. The minimum atomic E-state index is -3.11. The van der Waals surface area contributed by atoms with Crippen molar-refractivity contribution in [2.45, 2.75) is 30.8 Å². The molecule has 0 saturated carbocycles. The predicted octanol–water partition coefficient (Wildman–Crippen LogP) is -0.176. The maximum absolute atomic E-state index is 13.3. The van der Waals surface area contributed by atoms with E-state index in [1.165, 1.54) is 10.9 Å². The van der Waals surface area contributed by atoms with E-state index in [-0.39, 0.29) is 23.4 Å². The first kappa shape index (κ1) is 14.9. The van der Waals surface area contributed by atoms with Gasteiger partial charge in [-0.25, -0.2) is 13.8 Å². The number of aromatic nitrogens is 4. The van der Waals surface area contributed by atoms with Gasteiger partial charge in [-0.3, -0.25) is 4.57 Å². The third-order valence-corrected chi connectivity index (χ3v) is 3.69. The number of fused-ring (bicyclic) bond motifs is 1. The summed E-state index contributed by atoms with van der Waals surface area (Å²) < 4.78 is 45.8. The minimum absolute atomic E-state index is 0.0507. The van der Waals surface area contributed by atoms with E-state index in [2.05, 4.69) is 15.0 Å². The zero-order valence-corrected chi connectivity index (χ0v) is 11.0. The van der Waals surface area contributed by atoms with E-state index in [4.69, 9.17) is 10.5 Å². The Morgan fingerprint density at radius 2 is 2.23 bits per heavy atom. The monoisotopic (exact) mass is 319 g/mol. The van der Waals surface area contributed by atoms with Gasteiger partial charge < -0.3 is 20.7 Å². The van der Waals surface area contributed by atoms with Crippen molar-refractivity contribution in [3.05, 3.63) is 12.4 Å². The molecule has 0 unspecified atom stereocenters. The van der Waals surface area contributed by atoms with Gasteiger partial charge in [-0.2, -0.15) is 14.4 Å². The average Bonchev–Trinajstić information content (AvgIpc) is 3.00. The van der Waals surface area contributed by atoms with Gasteiger partial charge in [-0.1, -0.05) is 0 Å². The molecule has 120 valence electrons. The summed E-state index contributed by atoms with van der Waals surface area (Å²) in [4.78, 5) is 10.7. The molecule has 4 N–H and O–H groups in total. The largest absolute Gasteiger partial charge is 0.393 e. The van der Waals surface area contributed by atoms with Crippen molar-refractivity contribution in [2.24, 2.45) is 0 Å². The highest BCUT2D eigenvalue weighted by Crippen LogP contribution is 2.41. The van der Waals surface area contributed by atoms with Crippen LogP contribution in [0.15, 0.2) is 6.33 Å². The smallest absolute Gasteiger partial charge is 0.312 e. The van der Waals surface area contributed by atoms with Gasteiger partial charge in [0, 0.05) is 6.42 Å². The van der Waals surface area contributed by atoms with Crippen molar-refractivity contribution in [1.82, 2.24) is 19.5 Å². The SMILES string of the molecule is Nc1nc(F)nc2c1ncn2[C@H]1C[C@H](O)[C@](CO)(C(F)F)O1. The Bertz CT molecular complexity index is 712. The summed E-state index contributed by atoms with van der Waals surface area (Å²) in [7, 11) is 0. The third kappa shape index (κ3) is 2.01. The van der Waals surface area contributed by atoms with Crippen LogP contribution in [0.25, 0.3) is 11.2 Å². The van der Waals surface area contributed by atoms with Crippen LogP contribution < -0.4 is 5.73 Å². The average molecular weight is 319 g/mol. The van der Waals surface area contributed by atoms with Crippen LogP contribution in [0.3, 0.4) is 0 Å². The summed E-state index contributed by atoms with van der Waals surface area (Å²) in [5.41, 5.74) is 3.13. The molecule has 11 heteroatoms. The van der Waals surface area contributed by atoms with Gasteiger partial charge >= 0.3 is 6.08 Å². The Hall–Kier alpha value is -1.98. The molecule has 0 radical (unpaired) electrons. The van der Waals surface area contributed by atoms with E-state index in [1.54, 1.807) is 0 Å². The number of anilines is 1. The number of hydrogen-bond acceptors (Lipinski definition) is 7. The van der Waals surface area contributed by atoms with Crippen LogP contribution in [0, 0.1) is 6.08 Å². The molecule has 1 saturated heterocycles. The normalized spacial score (nSPS) is 28.8. The lowest BCUT2D eigenvalue weighted by Crippen LogP contribution is -2.49. The number of nitrogens with zero attached hydrogens (tertiary/aromatic N) is 4. The first-order valence-corrected chi connectivity index (χ1v) is 6.29. The summed E-state index contributed by atoms with van der Waals surface area (Å²) in [6, 6.07) is 0. The quantitative estimate of drug-likeness (QED) is 0.672. The molecule has 2 aromatic heterocycles. The maximum atomic E-state index is 13.3. The molecular weight excluding hydrogens is 307 g/mol. The lowest BCUT2D eigenvalue weighted by molar-refractivity contribution is -0.194. The van der Waals surface area contributed by atoms with Crippen LogP contribution in [0.4, 0.5) is 19.0 Å². The summed E-state index contributed by atoms with van der Waals surface area (Å²) in [5, 5.41) is 19.0. The molecule has 0 aromatic carbocycles. The summed E-state index contributed by atoms with van der Waals surface area (Å²) in [5.74, 6) is -0.206. The molecular formula is C11H12F3N5O3. The summed E-state index contributed by atoms with van der Waals surface area (Å²) >= 11 is 0. The van der Waals surface area contributed by atoms with E-state index in [9.17, 15) is 23.4 Å². The number of rotatable bonds is 3. The second kappa shape index (κ2) is 5.04. The van der Waals surface area contributed by atoms with Crippen LogP contribution in [-0.2, 0) is 4.74 Å². The fraction of sp³-hybridized carbons (Fsp3) is 0.545. The molecule has 3 heterocycles. The van der Waals surface area contributed by atoms with Gasteiger partial charge in [0.15, 0.2) is 22.6 Å². The number of nitrogens with two attached hydrogens (primary N) is 1. The van der Waals surface area contributed by atoms with Crippen molar-refractivity contribution >= 4 is 17.0 Å². The minimum Gasteiger partial charge on any atom is -0.393 e. The predicted molar refractivity (Wildman–Crippen MR) is 66.3 cm³/mol. The molecule has 8 nitrogen and oxygen atoms in total. The van der Waals surface area contributed by atoms with Gasteiger partial charge in [0.1, 0.15) is 6.23 Å². The molecule has 1 fully saturated rings. The Morgan fingerprint density at radius 1 is 1.50 bits per heavy atom. The fourth-order valence-electron chi connectivity index (χ4n) is 2.47. The topological polar surface area (TPSA) is 119 Å². The van der Waals surface area contributed by atoms with Crippen molar-refractivity contribution in [2.75, 3.05) is 12.3 Å². The van der Waals surface area contributed by atoms with E-state index in [0.29, 0.717) is 0 Å². The molecule has 1 aliphatic heterocycles. The molecule has 0 aliphatic carbocycles. The standard InChI is InChI=1S/C11H12F3N5O3/c12-9(13)11(2-20)4(21)1-5(22-11)19-3-16-6-7(15)17-10(14)18-8(6)19/h3-5,9,20-21H,1-2H2,(H2,15,17,18)/t4-,5+,11+/m0/s1. The number of nitrogen functional groups attached to an aromatic ring is 1. The number of alkyl halides is 2. The Labute approximate surface area is 121 Å². The third-order valence-electron chi connectivity index (χ3n) is 3.69. The number of aliphatic hydroxyl groups is 2. The molecule has 22 heavy (non-hydrogen) atoms. The van der Waals surface area contributed by atoms with Gasteiger partial charge in [-0.05, 0) is 0 Å². The Kier molecular flexibility index (Phi) is 3.42. The lowest BCUT2D eigenvalue weighted by atomic mass is 9.98. The van der Waals surface area contributed by atoms with Crippen LogP contribution >= 0.6 is 0 Å². The number of hydrogen-bond donors (Lipinski definition) is 3. The second-order valence-electron chi connectivity index (χ2n) is 4.94. The first-order valence-electron chi connectivity index (χ1n) is 6.29. The van der Waals surface area contributed by atoms with Gasteiger partial charge in [-0.15, -0.1) is 0 Å². The zero-order chi connectivity index (χ0) is 16.1. The van der Waals surface area contributed by atoms with Crippen molar-refractivity contribution in [1.29, 1.82) is 0 Å². The van der Waals surface area contributed by atoms with Crippen LogP contribution in [0.2, 0.25) is 0 Å². The van der Waals surface area contributed by atoms with Crippen molar-refractivity contribution in [3.8, 4) is 0 Å². The maximum Gasteiger partial charge on any atom is 0.312 e. The van der Waals surface area contributed by atoms with Crippen molar-refractivity contribution in [3.63, 3.8) is 0 Å². The highest BCUT2D eigenvalue weighted by molar-refractivity contribution is 5.81. The van der Waals surface area contributed by atoms with Gasteiger partial charge in [0.2, 0.25) is 0 Å². The highest BCUT2D eigenvalue weighted by atomic mass is 19.3. The summed E-state index contributed by atoms with van der Waals surface area (Å²) in [6.07, 6.45) is -6.00. The number of halogens is 3. The molecule has 3 rings (SSSR count). The second-order valence-corrected chi connectivity index (χ2v) is 4.94. The lowest BCUT2D eigenvalue weighted by Gasteiger charge is -2.28. The highest BCUT2D eigenvalue weighted by Gasteiger charge is 2.55. The Morgan fingerprint density at radius 3 is 2.82 bits per heavy atom. The van der Waals surface area contributed by atoms with Gasteiger partial charge in [0.25, 0.3) is 6.43 Å². The van der Waals surface area contributed by atoms with E-state index >= 15 is 0 Å². The number of ether oxygens (including phenoxy) is 1. The molecule has 2 aromatic rings. The van der Waals surface area contributed by atoms with Crippen LogP contribution in [0.1, 0.15) is 12.6 Å². The zero-order valence-electron chi connectivity index (χ0n) is 11.0. The molecule has 0 bridgehead atoms. The number of imidazole rings is 1. The van der Waals surface area contributed by atoms with Crippen molar-refractivity contribution < 1.29 is 28.1 Å².